The van der Waals surface area contributed by atoms with Gasteiger partial charge in [0.25, 0.3) is 0 Å². The van der Waals surface area contributed by atoms with Crippen LogP contribution in [0.25, 0.3) is 0 Å². The lowest BCUT2D eigenvalue weighted by Gasteiger charge is -2.41. The van der Waals surface area contributed by atoms with Crippen LogP contribution in [0, 0.1) is 42.4 Å². The molecule has 0 aromatic heterocycles. The average molecular weight is 389 g/mol. The number of ether oxygens (including phenoxy) is 1. The molecule has 0 spiro atoms. The number of aliphatic carboxylic acids is 1. The zero-order chi connectivity index (χ0) is 20.1. The van der Waals surface area contributed by atoms with Crippen LogP contribution >= 0.6 is 0 Å². The third kappa shape index (κ3) is 3.20. The number of anilines is 1. The molecule has 2 aromatic carbocycles. The van der Waals surface area contributed by atoms with Crippen LogP contribution in [0.2, 0.25) is 0 Å². The zero-order valence-electron chi connectivity index (χ0n) is 16.1. The number of aryl methyl sites for hydroxylation is 1. The monoisotopic (exact) mass is 389 g/mol. The fourth-order valence-corrected chi connectivity index (χ4v) is 5.14. The van der Waals surface area contributed by atoms with E-state index in [1.807, 2.05) is 37.3 Å². The Balaban J connectivity index is 1.29. The van der Waals surface area contributed by atoms with Crippen molar-refractivity contribution in [3.63, 3.8) is 0 Å². The molecule has 5 nitrogen and oxygen atoms in total. The first-order chi connectivity index (χ1) is 14.0. The van der Waals surface area contributed by atoms with Crippen molar-refractivity contribution in [2.24, 2.45) is 35.5 Å². The lowest BCUT2D eigenvalue weighted by atomic mass is 9.62. The van der Waals surface area contributed by atoms with Gasteiger partial charge in [-0.3, -0.25) is 9.59 Å². The summed E-state index contributed by atoms with van der Waals surface area (Å²) in [5.74, 6) is 0.184. The van der Waals surface area contributed by atoms with Crippen molar-refractivity contribution in [3.8, 4) is 11.5 Å². The molecule has 2 saturated carbocycles. The Labute approximate surface area is 169 Å². The van der Waals surface area contributed by atoms with Gasteiger partial charge in [-0.15, -0.1) is 0 Å². The summed E-state index contributed by atoms with van der Waals surface area (Å²) in [6.45, 7) is 2.02. The van der Waals surface area contributed by atoms with Crippen molar-refractivity contribution in [2.45, 2.75) is 13.3 Å². The predicted octanol–water partition coefficient (Wildman–Crippen LogP) is 4.49. The van der Waals surface area contributed by atoms with E-state index in [0.29, 0.717) is 23.3 Å². The fourth-order valence-electron chi connectivity index (χ4n) is 5.14. The molecule has 148 valence electrons. The lowest BCUT2D eigenvalue weighted by Crippen LogP contribution is -2.48. The number of carbonyl (C=O) groups excluding carboxylic acids is 1. The molecule has 6 unspecified atom stereocenters. The Hall–Kier alpha value is -3.08. The number of amides is 1. The van der Waals surface area contributed by atoms with Crippen LogP contribution in [0.5, 0.6) is 11.5 Å². The van der Waals surface area contributed by atoms with E-state index in [0.717, 1.165) is 12.2 Å². The number of fused-ring (bicyclic) bond motifs is 1. The SMILES string of the molecule is Cc1ccc(Oc2ccc(NC(=O)C3C4C=CC(C5CC45)C3C(=O)O)cc2)cc1. The van der Waals surface area contributed by atoms with Gasteiger partial charge in [-0.1, -0.05) is 29.8 Å². The molecule has 0 aliphatic heterocycles. The summed E-state index contributed by atoms with van der Waals surface area (Å²) in [6.07, 6.45) is 5.14. The maximum Gasteiger partial charge on any atom is 0.307 e. The first kappa shape index (κ1) is 18.0. The molecule has 2 aromatic rings. The second kappa shape index (κ2) is 6.76. The quantitative estimate of drug-likeness (QED) is 0.739. The molecule has 29 heavy (non-hydrogen) atoms. The minimum absolute atomic E-state index is 0.0106. The Morgan fingerprint density at radius 3 is 2.03 bits per heavy atom. The van der Waals surface area contributed by atoms with Crippen LogP contribution in [0.1, 0.15) is 12.0 Å². The first-order valence-electron chi connectivity index (χ1n) is 10.1. The van der Waals surface area contributed by atoms with Gasteiger partial charge in [0, 0.05) is 5.69 Å². The topological polar surface area (TPSA) is 75.6 Å². The summed E-state index contributed by atoms with van der Waals surface area (Å²) in [4.78, 5) is 24.9. The summed E-state index contributed by atoms with van der Waals surface area (Å²) in [6, 6.07) is 15.0. The molecule has 2 fully saturated rings. The molecule has 0 radical (unpaired) electrons. The van der Waals surface area contributed by atoms with E-state index >= 15 is 0 Å². The Morgan fingerprint density at radius 2 is 1.45 bits per heavy atom. The normalized spacial score (nSPS) is 31.1. The molecule has 4 aliphatic rings. The standard InChI is InChI=1S/C24H23NO4/c1-13-2-6-15(7-3-13)29-16-8-4-14(5-9-16)25-23(26)21-17-10-11-18(20-12-19(17)20)22(21)24(27)28/h2-11,17-22H,12H2,1H3,(H,25,26)(H,27,28). The summed E-state index contributed by atoms with van der Waals surface area (Å²) < 4.78 is 5.82. The zero-order valence-corrected chi connectivity index (χ0v) is 16.1. The average Bonchev–Trinajstić information content (AvgIpc) is 3.53. The molecule has 2 bridgehead atoms. The second-order valence-corrected chi connectivity index (χ2v) is 8.42. The highest BCUT2D eigenvalue weighted by Crippen LogP contribution is 2.63. The fraction of sp³-hybridized carbons (Fsp3) is 0.333. The largest absolute Gasteiger partial charge is 0.481 e. The van der Waals surface area contributed by atoms with Gasteiger partial charge in [0.2, 0.25) is 5.91 Å². The van der Waals surface area contributed by atoms with Crippen molar-refractivity contribution >= 4 is 17.6 Å². The van der Waals surface area contributed by atoms with Crippen molar-refractivity contribution < 1.29 is 19.4 Å². The summed E-state index contributed by atoms with van der Waals surface area (Å²) in [5.41, 5.74) is 1.81. The van der Waals surface area contributed by atoms with E-state index in [-0.39, 0.29) is 17.7 Å². The number of carbonyl (C=O) groups is 2. The van der Waals surface area contributed by atoms with Gasteiger partial charge in [-0.25, -0.2) is 0 Å². The molecule has 1 amide bonds. The van der Waals surface area contributed by atoms with E-state index < -0.39 is 17.8 Å². The molecular weight excluding hydrogens is 366 g/mol. The van der Waals surface area contributed by atoms with E-state index in [1.54, 1.807) is 24.3 Å². The van der Waals surface area contributed by atoms with Gasteiger partial charge < -0.3 is 15.2 Å². The summed E-state index contributed by atoms with van der Waals surface area (Å²) in [7, 11) is 0. The molecule has 0 saturated heterocycles. The first-order valence-corrected chi connectivity index (χ1v) is 10.1. The molecule has 2 N–H and O–H groups in total. The highest BCUT2D eigenvalue weighted by Gasteiger charge is 2.62. The number of allylic oxidation sites excluding steroid dienone is 2. The number of rotatable bonds is 5. The van der Waals surface area contributed by atoms with Crippen molar-refractivity contribution in [1.29, 1.82) is 0 Å². The van der Waals surface area contributed by atoms with Crippen molar-refractivity contribution in [1.82, 2.24) is 0 Å². The highest BCUT2D eigenvalue weighted by molar-refractivity contribution is 5.96. The van der Waals surface area contributed by atoms with Gasteiger partial charge in [-0.05, 0) is 73.4 Å². The van der Waals surface area contributed by atoms with Crippen molar-refractivity contribution in [3.05, 3.63) is 66.2 Å². The third-order valence-corrected chi connectivity index (χ3v) is 6.62. The number of nitrogens with one attached hydrogen (secondary N) is 1. The van der Waals surface area contributed by atoms with E-state index in [9.17, 15) is 14.7 Å². The number of hydrogen-bond acceptors (Lipinski definition) is 3. The molecule has 6 atom stereocenters. The molecule has 4 aliphatic carbocycles. The molecule has 5 heteroatoms. The smallest absolute Gasteiger partial charge is 0.307 e. The minimum Gasteiger partial charge on any atom is -0.481 e. The number of benzene rings is 2. The molecule has 6 rings (SSSR count). The Morgan fingerprint density at radius 1 is 0.897 bits per heavy atom. The van der Waals surface area contributed by atoms with Gasteiger partial charge in [0.05, 0.1) is 11.8 Å². The molecule has 0 heterocycles. The van der Waals surface area contributed by atoms with Gasteiger partial charge in [0.1, 0.15) is 11.5 Å². The van der Waals surface area contributed by atoms with Gasteiger partial charge in [0.15, 0.2) is 0 Å². The van der Waals surface area contributed by atoms with Crippen LogP contribution in [0.15, 0.2) is 60.7 Å². The van der Waals surface area contributed by atoms with Crippen molar-refractivity contribution in [2.75, 3.05) is 5.32 Å². The van der Waals surface area contributed by atoms with Gasteiger partial charge in [-0.2, -0.15) is 0 Å². The van der Waals surface area contributed by atoms with Crippen LogP contribution in [-0.4, -0.2) is 17.0 Å². The third-order valence-electron chi connectivity index (χ3n) is 6.62. The van der Waals surface area contributed by atoms with Gasteiger partial charge >= 0.3 is 5.97 Å². The van der Waals surface area contributed by atoms with Crippen LogP contribution in [0.4, 0.5) is 5.69 Å². The maximum atomic E-state index is 13.0. The lowest BCUT2D eigenvalue weighted by molar-refractivity contribution is -0.152. The summed E-state index contributed by atoms with van der Waals surface area (Å²) in [5, 5.41) is 12.7. The number of hydrogen-bond donors (Lipinski definition) is 2. The van der Waals surface area contributed by atoms with Crippen LogP contribution in [0.3, 0.4) is 0 Å². The Bertz CT molecular complexity index is 979. The number of carboxylic acids is 1. The maximum absolute atomic E-state index is 13.0. The Kier molecular flexibility index (Phi) is 4.19. The minimum atomic E-state index is -0.864. The van der Waals surface area contributed by atoms with Crippen LogP contribution in [-0.2, 0) is 9.59 Å². The van der Waals surface area contributed by atoms with E-state index in [1.165, 1.54) is 5.56 Å². The van der Waals surface area contributed by atoms with E-state index in [4.69, 9.17) is 4.74 Å². The second-order valence-electron chi connectivity index (χ2n) is 8.42. The van der Waals surface area contributed by atoms with Crippen LogP contribution < -0.4 is 10.1 Å². The number of carboxylic acid groups (broad SMARTS) is 1. The summed E-state index contributed by atoms with van der Waals surface area (Å²) >= 11 is 0. The van der Waals surface area contributed by atoms with E-state index in [2.05, 4.69) is 11.4 Å². The highest BCUT2D eigenvalue weighted by atomic mass is 16.5. The predicted molar refractivity (Wildman–Crippen MR) is 109 cm³/mol. The molecular formula is C24H23NO4.